The zero-order valence-electron chi connectivity index (χ0n) is 15.7. The fourth-order valence-electron chi connectivity index (χ4n) is 3.09. The van der Waals surface area contributed by atoms with Crippen molar-refractivity contribution in [1.82, 2.24) is 4.98 Å². The van der Waals surface area contributed by atoms with Gasteiger partial charge >= 0.3 is 0 Å². The van der Waals surface area contributed by atoms with E-state index in [2.05, 4.69) is 22.1 Å². The number of pyridine rings is 1. The molecule has 1 fully saturated rings. The third kappa shape index (κ3) is 4.75. The summed E-state index contributed by atoms with van der Waals surface area (Å²) in [5.74, 6) is 1.37. The molecule has 1 saturated heterocycles. The van der Waals surface area contributed by atoms with Gasteiger partial charge in [0.05, 0.1) is 6.10 Å². The van der Waals surface area contributed by atoms with E-state index in [9.17, 15) is 4.79 Å². The Bertz CT molecular complexity index is 735. The van der Waals surface area contributed by atoms with Gasteiger partial charge in [-0.25, -0.2) is 0 Å². The maximum absolute atomic E-state index is 12.5. The van der Waals surface area contributed by atoms with E-state index in [0.29, 0.717) is 5.69 Å². The van der Waals surface area contributed by atoms with Crippen LogP contribution in [0.5, 0.6) is 5.75 Å². The van der Waals surface area contributed by atoms with Crippen molar-refractivity contribution >= 4 is 17.3 Å². The lowest BCUT2D eigenvalue weighted by Gasteiger charge is -2.32. The van der Waals surface area contributed by atoms with Crippen LogP contribution in [-0.2, 0) is 0 Å². The first-order valence-corrected chi connectivity index (χ1v) is 9.30. The summed E-state index contributed by atoms with van der Waals surface area (Å²) in [7, 11) is 0. The van der Waals surface area contributed by atoms with Gasteiger partial charge in [-0.2, -0.15) is 0 Å². The van der Waals surface area contributed by atoms with Crippen LogP contribution in [-0.4, -0.2) is 30.1 Å². The van der Waals surface area contributed by atoms with Gasteiger partial charge in [0.1, 0.15) is 11.4 Å². The molecule has 26 heavy (non-hydrogen) atoms. The molecular weight excluding hydrogens is 326 g/mol. The molecule has 0 saturated carbocycles. The molecule has 0 unspecified atom stereocenters. The van der Waals surface area contributed by atoms with Crippen molar-refractivity contribution < 1.29 is 9.53 Å². The first-order valence-electron chi connectivity index (χ1n) is 9.30. The zero-order chi connectivity index (χ0) is 18.5. The Balaban J connectivity index is 1.65. The van der Waals surface area contributed by atoms with Crippen LogP contribution in [0.15, 0.2) is 42.6 Å². The van der Waals surface area contributed by atoms with Crippen molar-refractivity contribution in [3.63, 3.8) is 0 Å². The third-order valence-corrected chi connectivity index (χ3v) is 4.61. The molecular formula is C21H27N3O2. The van der Waals surface area contributed by atoms with Crippen molar-refractivity contribution in [2.24, 2.45) is 5.92 Å². The van der Waals surface area contributed by atoms with Gasteiger partial charge in [-0.1, -0.05) is 6.92 Å². The summed E-state index contributed by atoms with van der Waals surface area (Å²) in [5.41, 5.74) is 2.23. The van der Waals surface area contributed by atoms with Crippen LogP contribution in [0.1, 0.15) is 44.1 Å². The van der Waals surface area contributed by atoms with E-state index in [1.807, 2.05) is 50.2 Å². The molecule has 5 heteroatoms. The van der Waals surface area contributed by atoms with E-state index in [-0.39, 0.29) is 12.0 Å². The average molecular weight is 353 g/mol. The molecule has 1 amide bonds. The molecule has 1 aliphatic rings. The van der Waals surface area contributed by atoms with E-state index in [1.165, 1.54) is 12.8 Å². The minimum atomic E-state index is -0.199. The number of rotatable bonds is 5. The van der Waals surface area contributed by atoms with Gasteiger partial charge in [0.25, 0.3) is 5.91 Å². The highest BCUT2D eigenvalue weighted by Crippen LogP contribution is 2.23. The number of benzene rings is 1. The van der Waals surface area contributed by atoms with Crippen LogP contribution < -0.4 is 15.0 Å². The Morgan fingerprint density at radius 2 is 1.88 bits per heavy atom. The SMILES string of the molecule is CC1CCN(c2ccnc(C(=O)Nc3ccc(OC(C)C)cc3)c2)CC1. The summed E-state index contributed by atoms with van der Waals surface area (Å²) in [5, 5.41) is 2.90. The summed E-state index contributed by atoms with van der Waals surface area (Å²) < 4.78 is 5.62. The number of aromatic nitrogens is 1. The summed E-state index contributed by atoms with van der Waals surface area (Å²) in [6, 6.07) is 11.2. The van der Waals surface area contributed by atoms with Crippen LogP contribution in [0.3, 0.4) is 0 Å². The summed E-state index contributed by atoms with van der Waals surface area (Å²) in [4.78, 5) is 19.1. The van der Waals surface area contributed by atoms with Gasteiger partial charge in [0, 0.05) is 30.7 Å². The standard InChI is InChI=1S/C21H27N3O2/c1-15(2)26-19-6-4-17(5-7-19)23-21(25)20-14-18(8-11-22-20)24-12-9-16(3)10-13-24/h4-8,11,14-16H,9-10,12-13H2,1-3H3,(H,23,25). The minimum Gasteiger partial charge on any atom is -0.491 e. The van der Waals surface area contributed by atoms with Crippen molar-refractivity contribution in [2.75, 3.05) is 23.3 Å². The highest BCUT2D eigenvalue weighted by atomic mass is 16.5. The maximum atomic E-state index is 12.5. The van der Waals surface area contributed by atoms with Crippen molar-refractivity contribution in [2.45, 2.75) is 39.7 Å². The topological polar surface area (TPSA) is 54.5 Å². The lowest BCUT2D eigenvalue weighted by Crippen LogP contribution is -2.33. The van der Waals surface area contributed by atoms with Crippen molar-refractivity contribution in [1.29, 1.82) is 0 Å². The van der Waals surface area contributed by atoms with Gasteiger partial charge in [-0.05, 0) is 69.0 Å². The van der Waals surface area contributed by atoms with E-state index in [1.54, 1.807) is 6.20 Å². The van der Waals surface area contributed by atoms with E-state index in [4.69, 9.17) is 4.74 Å². The smallest absolute Gasteiger partial charge is 0.274 e. The molecule has 0 aliphatic carbocycles. The largest absolute Gasteiger partial charge is 0.491 e. The molecule has 0 radical (unpaired) electrons. The second kappa shape index (κ2) is 8.21. The van der Waals surface area contributed by atoms with Crippen molar-refractivity contribution in [3.05, 3.63) is 48.3 Å². The zero-order valence-corrected chi connectivity index (χ0v) is 15.7. The van der Waals surface area contributed by atoms with Crippen LogP contribution in [0, 0.1) is 5.92 Å². The first kappa shape index (κ1) is 18.2. The molecule has 0 spiro atoms. The molecule has 0 atom stereocenters. The summed E-state index contributed by atoms with van der Waals surface area (Å²) in [6.07, 6.45) is 4.21. The van der Waals surface area contributed by atoms with Gasteiger partial charge < -0.3 is 15.0 Å². The molecule has 5 nitrogen and oxygen atoms in total. The van der Waals surface area contributed by atoms with E-state index < -0.39 is 0 Å². The molecule has 1 aromatic heterocycles. The summed E-state index contributed by atoms with van der Waals surface area (Å²) >= 11 is 0. The summed E-state index contributed by atoms with van der Waals surface area (Å²) in [6.45, 7) is 8.32. The lowest BCUT2D eigenvalue weighted by molar-refractivity contribution is 0.102. The minimum absolute atomic E-state index is 0.125. The number of ether oxygens (including phenoxy) is 1. The maximum Gasteiger partial charge on any atom is 0.274 e. The van der Waals surface area contributed by atoms with Crippen LogP contribution in [0.2, 0.25) is 0 Å². The lowest BCUT2D eigenvalue weighted by atomic mass is 9.99. The van der Waals surface area contributed by atoms with Gasteiger partial charge in [0.2, 0.25) is 0 Å². The number of piperidine rings is 1. The second-order valence-electron chi connectivity index (χ2n) is 7.21. The Kier molecular flexibility index (Phi) is 5.76. The van der Waals surface area contributed by atoms with E-state index in [0.717, 1.165) is 36.1 Å². The number of anilines is 2. The predicted octanol–water partition coefficient (Wildman–Crippen LogP) is 4.36. The molecule has 1 aliphatic heterocycles. The van der Waals surface area contributed by atoms with Crippen LogP contribution >= 0.6 is 0 Å². The monoisotopic (exact) mass is 353 g/mol. The normalized spacial score (nSPS) is 15.2. The fourth-order valence-corrected chi connectivity index (χ4v) is 3.09. The fraction of sp³-hybridized carbons (Fsp3) is 0.429. The number of hydrogen-bond acceptors (Lipinski definition) is 4. The molecule has 138 valence electrons. The van der Waals surface area contributed by atoms with Gasteiger partial charge in [0.15, 0.2) is 0 Å². The molecule has 1 aromatic carbocycles. The van der Waals surface area contributed by atoms with Crippen LogP contribution in [0.4, 0.5) is 11.4 Å². The molecule has 2 aromatic rings. The number of amides is 1. The Morgan fingerprint density at radius 1 is 1.19 bits per heavy atom. The van der Waals surface area contributed by atoms with Crippen LogP contribution in [0.25, 0.3) is 0 Å². The van der Waals surface area contributed by atoms with E-state index >= 15 is 0 Å². The average Bonchev–Trinajstić information content (AvgIpc) is 2.63. The predicted molar refractivity (Wildman–Crippen MR) is 105 cm³/mol. The Morgan fingerprint density at radius 3 is 2.54 bits per heavy atom. The Hall–Kier alpha value is -2.56. The first-order chi connectivity index (χ1) is 12.5. The van der Waals surface area contributed by atoms with Crippen molar-refractivity contribution in [3.8, 4) is 5.75 Å². The molecule has 1 N–H and O–H groups in total. The molecule has 0 bridgehead atoms. The third-order valence-electron chi connectivity index (χ3n) is 4.61. The number of nitrogens with one attached hydrogen (secondary N) is 1. The molecule has 2 heterocycles. The number of nitrogens with zero attached hydrogens (tertiary/aromatic N) is 2. The molecule has 3 rings (SSSR count). The number of hydrogen-bond donors (Lipinski definition) is 1. The number of carbonyl (C=O) groups excluding carboxylic acids is 1. The number of carbonyl (C=O) groups is 1. The highest BCUT2D eigenvalue weighted by molar-refractivity contribution is 6.03. The van der Waals surface area contributed by atoms with Gasteiger partial charge in [-0.15, -0.1) is 0 Å². The Labute approximate surface area is 155 Å². The second-order valence-corrected chi connectivity index (χ2v) is 7.21. The van der Waals surface area contributed by atoms with Gasteiger partial charge in [-0.3, -0.25) is 9.78 Å². The highest BCUT2D eigenvalue weighted by Gasteiger charge is 2.17. The quantitative estimate of drug-likeness (QED) is 0.868.